The predicted octanol–water partition coefficient (Wildman–Crippen LogP) is 10.4. The van der Waals surface area contributed by atoms with Crippen molar-refractivity contribution in [3.8, 4) is 0 Å². The van der Waals surface area contributed by atoms with E-state index in [9.17, 15) is 19.2 Å². The number of carbonyl (C=O) groups is 4. The first-order valence-corrected chi connectivity index (χ1v) is 22.3. The van der Waals surface area contributed by atoms with E-state index in [1.54, 1.807) is 4.90 Å². The Morgan fingerprint density at radius 2 is 1.21 bits per heavy atom. The number of ketones is 3. The van der Waals surface area contributed by atoms with Crippen molar-refractivity contribution in [3.63, 3.8) is 0 Å². The Balaban J connectivity index is 2.10. The van der Waals surface area contributed by atoms with Gasteiger partial charge in [0.1, 0.15) is 0 Å². The van der Waals surface area contributed by atoms with Gasteiger partial charge in [-0.3, -0.25) is 29.9 Å². The van der Waals surface area contributed by atoms with Gasteiger partial charge in [0.15, 0.2) is 17.3 Å². The van der Waals surface area contributed by atoms with E-state index < -0.39 is 32.9 Å². The Hall–Kier alpha value is -2.36. The Bertz CT molecular complexity index is 1470. The van der Waals surface area contributed by atoms with Crippen LogP contribution in [-0.2, 0) is 19.1 Å². The summed E-state index contributed by atoms with van der Waals surface area (Å²) >= 11 is 0. The summed E-state index contributed by atoms with van der Waals surface area (Å²) in [7, 11) is 0. The summed E-state index contributed by atoms with van der Waals surface area (Å²) in [5.41, 5.74) is -4.43. The van der Waals surface area contributed by atoms with Crippen molar-refractivity contribution >= 4 is 23.4 Å². The Labute approximate surface area is 355 Å². The van der Waals surface area contributed by atoms with Crippen LogP contribution in [-0.4, -0.2) is 92.7 Å². The third-order valence-corrected chi connectivity index (χ3v) is 11.4. The Morgan fingerprint density at radius 1 is 0.638 bits per heavy atom. The lowest BCUT2D eigenvalue weighted by Gasteiger charge is -2.47. The first kappa shape index (κ1) is 51.8. The number of unbranched alkanes of at least 4 members (excludes halogenated alkanes) is 3. The fraction of sp³-hybridized carbons (Fsp3) is 0.837. The van der Waals surface area contributed by atoms with Crippen LogP contribution in [0.1, 0.15) is 189 Å². The molecule has 1 amide bonds. The second kappa shape index (κ2) is 19.1. The predicted molar refractivity (Wildman–Crippen MR) is 241 cm³/mol. The van der Waals surface area contributed by atoms with E-state index in [-0.39, 0.29) is 34.3 Å². The number of hydrogen-bond donors (Lipinski definition) is 2. The summed E-state index contributed by atoms with van der Waals surface area (Å²) in [6.45, 7) is 39.1. The second-order valence-electron chi connectivity index (χ2n) is 23.8. The number of ether oxygens (including phenoxy) is 1. The van der Waals surface area contributed by atoms with Crippen LogP contribution < -0.4 is 10.6 Å². The van der Waals surface area contributed by atoms with Crippen LogP contribution in [0.4, 0.5) is 4.79 Å². The molecular formula is C49H88N4O5. The summed E-state index contributed by atoms with van der Waals surface area (Å²) in [6.07, 6.45) is 15.9. The first-order chi connectivity index (χ1) is 26.1. The molecule has 3 atom stereocenters. The number of nitrogens with one attached hydrogen (secondary N) is 2. The maximum atomic E-state index is 14.4. The van der Waals surface area contributed by atoms with Crippen LogP contribution in [0.5, 0.6) is 0 Å². The van der Waals surface area contributed by atoms with E-state index in [1.165, 1.54) is 0 Å². The smallest absolute Gasteiger partial charge is 0.409 e. The van der Waals surface area contributed by atoms with Gasteiger partial charge in [-0.05, 0) is 133 Å². The number of likely N-dealkylation sites (tertiary alicyclic amines) is 2. The van der Waals surface area contributed by atoms with Crippen LogP contribution >= 0.6 is 0 Å². The highest BCUT2D eigenvalue weighted by atomic mass is 16.6. The monoisotopic (exact) mass is 813 g/mol. The van der Waals surface area contributed by atoms with E-state index >= 15 is 0 Å². The molecule has 0 aromatic rings. The lowest BCUT2D eigenvalue weighted by atomic mass is 9.72. The molecule has 2 saturated heterocycles. The van der Waals surface area contributed by atoms with Gasteiger partial charge >= 0.3 is 6.09 Å². The maximum Gasteiger partial charge on any atom is 0.409 e. The molecule has 2 heterocycles. The van der Waals surface area contributed by atoms with Crippen LogP contribution in [0.25, 0.3) is 0 Å². The molecule has 0 aliphatic carbocycles. The zero-order chi connectivity index (χ0) is 44.8. The van der Waals surface area contributed by atoms with E-state index in [1.807, 2.05) is 62.3 Å². The molecule has 2 fully saturated rings. The molecule has 0 saturated carbocycles. The fourth-order valence-electron chi connectivity index (χ4n) is 9.46. The molecule has 0 radical (unpaired) electrons. The average molecular weight is 813 g/mol. The summed E-state index contributed by atoms with van der Waals surface area (Å²) in [6, 6.07) is 0. The van der Waals surface area contributed by atoms with Gasteiger partial charge in [-0.15, -0.1) is 0 Å². The quantitative estimate of drug-likeness (QED) is 0.110. The molecule has 2 aliphatic rings. The standard InChI is InChI=1S/C49H88N4O5/c1-41(2,3)37(54)47(50-44(10,11)12,29-24-25-30-49(39(56)43(7,8)9)31-27-33-53(49)46(16,17)18)28-23-21-19-20-22-26-35-58-40(57)52-34-32-48(36-52,51-45(13,14)15)38(55)42(4,5)6/h21,23-25,50-51H,19-20,22,26-36H2,1-18H3/b23-21+,25-24+/t47?,48-,49-/m0/s1. The lowest BCUT2D eigenvalue weighted by Crippen LogP contribution is -2.63. The minimum absolute atomic E-state index is 0.123. The van der Waals surface area contributed by atoms with Gasteiger partial charge in [-0.2, -0.15) is 0 Å². The molecule has 2 N–H and O–H groups in total. The van der Waals surface area contributed by atoms with Crippen molar-refractivity contribution in [3.05, 3.63) is 24.3 Å². The topological polar surface area (TPSA) is 108 Å². The van der Waals surface area contributed by atoms with Crippen molar-refractivity contribution in [2.75, 3.05) is 26.2 Å². The highest BCUT2D eigenvalue weighted by molar-refractivity contribution is 5.95. The van der Waals surface area contributed by atoms with E-state index in [2.05, 4.69) is 102 Å². The molecule has 2 rings (SSSR count). The minimum Gasteiger partial charge on any atom is -0.449 e. The van der Waals surface area contributed by atoms with E-state index in [0.29, 0.717) is 51.2 Å². The summed E-state index contributed by atoms with van der Waals surface area (Å²) in [5.74, 6) is 0.591. The highest BCUT2D eigenvalue weighted by Gasteiger charge is 2.53. The van der Waals surface area contributed by atoms with E-state index in [0.717, 1.165) is 45.1 Å². The molecule has 0 aromatic carbocycles. The van der Waals surface area contributed by atoms with Gasteiger partial charge < -0.3 is 9.64 Å². The summed E-state index contributed by atoms with van der Waals surface area (Å²) in [4.78, 5) is 59.3. The van der Waals surface area contributed by atoms with Crippen LogP contribution in [0.15, 0.2) is 24.3 Å². The molecule has 9 heteroatoms. The number of nitrogens with zero attached hydrogens (tertiary/aromatic N) is 2. The lowest BCUT2D eigenvalue weighted by molar-refractivity contribution is -0.140. The maximum absolute atomic E-state index is 14.4. The average Bonchev–Trinajstić information content (AvgIpc) is 3.68. The Morgan fingerprint density at radius 3 is 1.71 bits per heavy atom. The number of allylic oxidation sites excluding steroid dienone is 1. The van der Waals surface area contributed by atoms with Crippen molar-refractivity contribution in [2.24, 2.45) is 16.2 Å². The second-order valence-corrected chi connectivity index (χ2v) is 23.8. The Kier molecular flexibility index (Phi) is 17.1. The molecule has 0 bridgehead atoms. The number of rotatable bonds is 17. The molecule has 1 unspecified atom stereocenters. The van der Waals surface area contributed by atoms with Gasteiger partial charge in [-0.1, -0.05) is 86.6 Å². The third-order valence-electron chi connectivity index (χ3n) is 11.4. The van der Waals surface area contributed by atoms with E-state index in [4.69, 9.17) is 4.74 Å². The minimum atomic E-state index is -0.814. The number of hydrogen-bond acceptors (Lipinski definition) is 8. The number of carbonyl (C=O) groups excluding carboxylic acids is 4. The first-order valence-electron chi connectivity index (χ1n) is 22.3. The fourth-order valence-corrected chi connectivity index (χ4v) is 9.46. The zero-order valence-corrected chi connectivity index (χ0v) is 40.6. The van der Waals surface area contributed by atoms with Crippen molar-refractivity contribution in [2.45, 2.75) is 222 Å². The van der Waals surface area contributed by atoms with Gasteiger partial charge in [0.2, 0.25) is 0 Å². The molecule has 0 spiro atoms. The molecule has 0 aromatic heterocycles. The van der Waals surface area contributed by atoms with Crippen LogP contribution in [0.3, 0.4) is 0 Å². The van der Waals surface area contributed by atoms with Gasteiger partial charge in [-0.25, -0.2) is 4.79 Å². The largest absolute Gasteiger partial charge is 0.449 e. The summed E-state index contributed by atoms with van der Waals surface area (Å²) in [5, 5.41) is 7.32. The number of Topliss-reactive ketones (excluding diaryl/α,β-unsaturated/α-hetero) is 3. The molecular weight excluding hydrogens is 725 g/mol. The zero-order valence-electron chi connectivity index (χ0n) is 40.6. The molecule has 2 aliphatic heterocycles. The SMILES string of the molecule is CC(C)(C)NC(C/C=C/CCCCCOC(=O)N1CC[C@@](NC(C)(C)C)(C(=O)C(C)(C)C)C1)(C/C=C/C[C@@]1(C(=O)C(C)(C)C)CCCN1C(C)(C)C)C(=O)C(C)(C)C. The summed E-state index contributed by atoms with van der Waals surface area (Å²) < 4.78 is 5.69. The van der Waals surface area contributed by atoms with Gasteiger partial charge in [0.25, 0.3) is 0 Å². The van der Waals surface area contributed by atoms with Gasteiger partial charge in [0, 0.05) is 46.0 Å². The van der Waals surface area contributed by atoms with Gasteiger partial charge in [0.05, 0.1) is 23.2 Å². The normalized spacial score (nSPS) is 22.9. The van der Waals surface area contributed by atoms with Crippen molar-refractivity contribution in [1.29, 1.82) is 0 Å². The van der Waals surface area contributed by atoms with Crippen LogP contribution in [0, 0.1) is 16.2 Å². The molecule has 334 valence electrons. The third kappa shape index (κ3) is 14.4. The van der Waals surface area contributed by atoms with Crippen molar-refractivity contribution in [1.82, 2.24) is 20.4 Å². The van der Waals surface area contributed by atoms with Crippen LogP contribution in [0.2, 0.25) is 0 Å². The van der Waals surface area contributed by atoms with Crippen molar-refractivity contribution < 1.29 is 23.9 Å². The highest BCUT2D eigenvalue weighted by Crippen LogP contribution is 2.43. The number of amides is 1. The molecule has 58 heavy (non-hydrogen) atoms. The molecule has 9 nitrogen and oxygen atoms in total.